The molecule has 0 atom stereocenters. The van der Waals surface area contributed by atoms with Gasteiger partial charge in [-0.1, -0.05) is 0 Å². The van der Waals surface area contributed by atoms with E-state index in [1.165, 1.54) is 26.7 Å². The SMILES string of the molecule is COc1ccc2c(=O)cc(-c3ccc4ocnc4c3)oc2c1OC. The van der Waals surface area contributed by atoms with Gasteiger partial charge in [-0.15, -0.1) is 0 Å². The highest BCUT2D eigenvalue weighted by Crippen LogP contribution is 2.36. The number of rotatable bonds is 3. The maximum atomic E-state index is 12.5. The third-order valence-electron chi connectivity index (χ3n) is 3.85. The summed E-state index contributed by atoms with van der Waals surface area (Å²) in [6, 6.07) is 10.2. The third-order valence-corrected chi connectivity index (χ3v) is 3.85. The van der Waals surface area contributed by atoms with Gasteiger partial charge in [-0.05, 0) is 30.3 Å². The van der Waals surface area contributed by atoms with Crippen LogP contribution in [0, 0.1) is 0 Å². The molecule has 24 heavy (non-hydrogen) atoms. The number of hydrogen-bond acceptors (Lipinski definition) is 6. The lowest BCUT2D eigenvalue weighted by molar-refractivity contribution is 0.353. The first kappa shape index (κ1) is 14.3. The largest absolute Gasteiger partial charge is 0.493 e. The van der Waals surface area contributed by atoms with Gasteiger partial charge in [0.25, 0.3) is 0 Å². The van der Waals surface area contributed by atoms with Crippen molar-refractivity contribution >= 4 is 22.1 Å². The zero-order valence-corrected chi connectivity index (χ0v) is 13.0. The van der Waals surface area contributed by atoms with Crippen LogP contribution in [0.2, 0.25) is 0 Å². The summed E-state index contributed by atoms with van der Waals surface area (Å²) < 4.78 is 21.8. The topological polar surface area (TPSA) is 74.7 Å². The third kappa shape index (κ3) is 2.11. The zero-order chi connectivity index (χ0) is 16.7. The van der Waals surface area contributed by atoms with Crippen LogP contribution < -0.4 is 14.9 Å². The van der Waals surface area contributed by atoms with E-state index in [9.17, 15) is 4.79 Å². The number of oxazole rings is 1. The standard InChI is InChI=1S/C18H13NO5/c1-21-15-6-4-11-13(20)8-16(24-17(11)18(15)22-2)10-3-5-14-12(7-10)19-9-23-14/h3-9H,1-2H3. The number of benzene rings is 2. The van der Waals surface area contributed by atoms with Gasteiger partial charge in [0.15, 0.2) is 28.7 Å². The van der Waals surface area contributed by atoms with Crippen LogP contribution >= 0.6 is 0 Å². The summed E-state index contributed by atoms with van der Waals surface area (Å²) in [4.78, 5) is 16.6. The van der Waals surface area contributed by atoms with E-state index < -0.39 is 0 Å². The van der Waals surface area contributed by atoms with E-state index in [4.69, 9.17) is 18.3 Å². The van der Waals surface area contributed by atoms with Gasteiger partial charge in [0.1, 0.15) is 11.3 Å². The van der Waals surface area contributed by atoms with Gasteiger partial charge in [0.2, 0.25) is 5.75 Å². The first-order valence-corrected chi connectivity index (χ1v) is 7.23. The van der Waals surface area contributed by atoms with Crippen LogP contribution in [0.25, 0.3) is 33.4 Å². The van der Waals surface area contributed by atoms with E-state index in [0.717, 1.165) is 5.56 Å². The van der Waals surface area contributed by atoms with Crippen LogP contribution in [0.3, 0.4) is 0 Å². The summed E-state index contributed by atoms with van der Waals surface area (Å²) in [5.41, 5.74) is 2.27. The fraction of sp³-hybridized carbons (Fsp3) is 0.111. The van der Waals surface area contributed by atoms with Gasteiger partial charge in [-0.2, -0.15) is 0 Å². The van der Waals surface area contributed by atoms with Crippen LogP contribution in [-0.2, 0) is 0 Å². The molecule has 0 amide bonds. The molecule has 0 aliphatic heterocycles. The maximum Gasteiger partial charge on any atom is 0.204 e. The zero-order valence-electron chi connectivity index (χ0n) is 13.0. The quantitative estimate of drug-likeness (QED) is 0.573. The highest BCUT2D eigenvalue weighted by molar-refractivity contribution is 5.87. The molecule has 6 heteroatoms. The Labute approximate surface area is 136 Å². The predicted molar refractivity (Wildman–Crippen MR) is 88.6 cm³/mol. The molecule has 4 aromatic rings. The monoisotopic (exact) mass is 323 g/mol. The average Bonchev–Trinajstić information content (AvgIpc) is 3.08. The number of methoxy groups -OCH3 is 2. The molecule has 0 N–H and O–H groups in total. The highest BCUT2D eigenvalue weighted by atomic mass is 16.5. The smallest absolute Gasteiger partial charge is 0.204 e. The van der Waals surface area contributed by atoms with Crippen molar-refractivity contribution in [2.24, 2.45) is 0 Å². The second-order valence-electron chi connectivity index (χ2n) is 5.19. The van der Waals surface area contributed by atoms with Gasteiger partial charge < -0.3 is 18.3 Å². The number of hydrogen-bond donors (Lipinski definition) is 0. The molecule has 0 bridgehead atoms. The van der Waals surface area contributed by atoms with Crippen molar-refractivity contribution in [2.45, 2.75) is 0 Å². The summed E-state index contributed by atoms with van der Waals surface area (Å²) in [6.45, 7) is 0. The van der Waals surface area contributed by atoms with Crippen molar-refractivity contribution in [3.8, 4) is 22.8 Å². The molecule has 0 fully saturated rings. The van der Waals surface area contributed by atoms with Crippen LogP contribution in [-0.4, -0.2) is 19.2 Å². The van der Waals surface area contributed by atoms with Crippen molar-refractivity contribution in [1.29, 1.82) is 0 Å². The Balaban J connectivity index is 2.00. The number of fused-ring (bicyclic) bond motifs is 2. The minimum Gasteiger partial charge on any atom is -0.493 e. The molecule has 120 valence electrons. The summed E-state index contributed by atoms with van der Waals surface area (Å²) in [5, 5.41) is 0.430. The van der Waals surface area contributed by atoms with E-state index in [0.29, 0.717) is 39.3 Å². The number of aromatic nitrogens is 1. The van der Waals surface area contributed by atoms with Gasteiger partial charge in [0.05, 0.1) is 19.6 Å². The molecule has 0 saturated heterocycles. The molecule has 4 rings (SSSR count). The normalized spacial score (nSPS) is 11.1. The lowest BCUT2D eigenvalue weighted by atomic mass is 10.1. The average molecular weight is 323 g/mol. The lowest BCUT2D eigenvalue weighted by Gasteiger charge is -2.10. The van der Waals surface area contributed by atoms with Gasteiger partial charge >= 0.3 is 0 Å². The molecule has 2 aromatic carbocycles. The van der Waals surface area contributed by atoms with Gasteiger partial charge in [0, 0.05) is 11.6 Å². The van der Waals surface area contributed by atoms with Crippen molar-refractivity contribution in [2.75, 3.05) is 14.2 Å². The predicted octanol–water partition coefficient (Wildman–Crippen LogP) is 3.62. The molecule has 6 nitrogen and oxygen atoms in total. The van der Waals surface area contributed by atoms with E-state index in [1.807, 2.05) is 6.07 Å². The molecule has 2 heterocycles. The van der Waals surface area contributed by atoms with E-state index in [-0.39, 0.29) is 5.43 Å². The van der Waals surface area contributed by atoms with Crippen LogP contribution in [0.5, 0.6) is 11.5 Å². The second kappa shape index (κ2) is 5.42. The Hall–Kier alpha value is -3.28. The Bertz CT molecular complexity index is 1110. The van der Waals surface area contributed by atoms with Gasteiger partial charge in [-0.3, -0.25) is 4.79 Å². The van der Waals surface area contributed by atoms with E-state index >= 15 is 0 Å². The molecular formula is C18H13NO5. The number of ether oxygens (including phenoxy) is 2. The molecular weight excluding hydrogens is 310 g/mol. The van der Waals surface area contributed by atoms with Crippen LogP contribution in [0.15, 0.2) is 56.4 Å². The van der Waals surface area contributed by atoms with Crippen molar-refractivity contribution in [3.63, 3.8) is 0 Å². The molecule has 0 radical (unpaired) electrons. The molecule has 0 spiro atoms. The Morgan fingerprint density at radius 2 is 1.92 bits per heavy atom. The Morgan fingerprint density at radius 1 is 1.04 bits per heavy atom. The van der Waals surface area contributed by atoms with Crippen molar-refractivity contribution in [3.05, 3.63) is 53.0 Å². The fourth-order valence-electron chi connectivity index (χ4n) is 2.68. The molecule has 0 aliphatic carbocycles. The van der Waals surface area contributed by atoms with Crippen molar-refractivity contribution in [1.82, 2.24) is 4.98 Å². The Morgan fingerprint density at radius 3 is 2.71 bits per heavy atom. The Kier molecular flexibility index (Phi) is 3.23. The van der Waals surface area contributed by atoms with Crippen LogP contribution in [0.4, 0.5) is 0 Å². The first-order valence-electron chi connectivity index (χ1n) is 7.23. The van der Waals surface area contributed by atoms with E-state index in [1.54, 1.807) is 24.3 Å². The molecule has 0 aliphatic rings. The summed E-state index contributed by atoms with van der Waals surface area (Å²) >= 11 is 0. The van der Waals surface area contributed by atoms with Crippen LogP contribution in [0.1, 0.15) is 0 Å². The van der Waals surface area contributed by atoms with Crippen molar-refractivity contribution < 1.29 is 18.3 Å². The fourth-order valence-corrected chi connectivity index (χ4v) is 2.68. The number of nitrogens with zero attached hydrogens (tertiary/aromatic N) is 1. The lowest BCUT2D eigenvalue weighted by Crippen LogP contribution is -2.02. The minimum atomic E-state index is -0.160. The second-order valence-corrected chi connectivity index (χ2v) is 5.19. The van der Waals surface area contributed by atoms with E-state index in [2.05, 4.69) is 4.98 Å². The molecule has 0 saturated carbocycles. The maximum absolute atomic E-state index is 12.5. The highest BCUT2D eigenvalue weighted by Gasteiger charge is 2.16. The summed E-state index contributed by atoms with van der Waals surface area (Å²) in [5.74, 6) is 1.30. The van der Waals surface area contributed by atoms with Gasteiger partial charge in [-0.25, -0.2) is 4.98 Å². The molecule has 2 aromatic heterocycles. The summed E-state index contributed by atoms with van der Waals surface area (Å²) in [6.07, 6.45) is 1.37. The minimum absolute atomic E-state index is 0.160. The molecule has 0 unspecified atom stereocenters. The first-order chi connectivity index (χ1) is 11.7. The summed E-state index contributed by atoms with van der Waals surface area (Å²) in [7, 11) is 3.04.